The Morgan fingerprint density at radius 2 is 2.33 bits per heavy atom. The Bertz CT molecular complexity index is 441. The number of aryl methyl sites for hydroxylation is 1. The van der Waals surface area contributed by atoms with E-state index in [4.69, 9.17) is 9.84 Å². The number of carbonyl (C=O) groups is 1. The van der Waals surface area contributed by atoms with Crippen molar-refractivity contribution in [2.75, 3.05) is 0 Å². The minimum Gasteiger partial charge on any atom is -0.479 e. The number of fused-ring (bicyclic) bond motifs is 1. The highest BCUT2D eigenvalue weighted by Gasteiger charge is 2.22. The summed E-state index contributed by atoms with van der Waals surface area (Å²) >= 11 is 0. The van der Waals surface area contributed by atoms with Crippen molar-refractivity contribution in [1.29, 1.82) is 0 Å². The number of ether oxygens (including phenoxy) is 1. The largest absolute Gasteiger partial charge is 0.479 e. The fourth-order valence-electron chi connectivity index (χ4n) is 2.30. The molecule has 0 heterocycles. The first-order valence-electron chi connectivity index (χ1n) is 6.32. The molecule has 0 saturated heterocycles. The summed E-state index contributed by atoms with van der Waals surface area (Å²) in [7, 11) is 0. The molecule has 1 aliphatic rings. The van der Waals surface area contributed by atoms with Gasteiger partial charge >= 0.3 is 5.97 Å². The van der Waals surface area contributed by atoms with Crippen molar-refractivity contribution in [3.63, 3.8) is 0 Å². The average Bonchev–Trinajstić information content (AvgIpc) is 2.70. The number of carboxylic acid groups (broad SMARTS) is 1. The molecule has 4 heteroatoms. The van der Waals surface area contributed by atoms with Crippen LogP contribution in [0.4, 0.5) is 0 Å². The van der Waals surface area contributed by atoms with Crippen molar-refractivity contribution in [3.8, 4) is 5.75 Å². The van der Waals surface area contributed by atoms with E-state index in [1.165, 1.54) is 0 Å². The van der Waals surface area contributed by atoms with Crippen LogP contribution in [0.3, 0.4) is 0 Å². The van der Waals surface area contributed by atoms with E-state index in [2.05, 4.69) is 0 Å². The molecular formula is C14H18O4. The lowest BCUT2D eigenvalue weighted by molar-refractivity contribution is -0.145. The van der Waals surface area contributed by atoms with Gasteiger partial charge in [-0.25, -0.2) is 4.79 Å². The topological polar surface area (TPSA) is 66.8 Å². The Labute approximate surface area is 106 Å². The lowest BCUT2D eigenvalue weighted by atomic mass is 10.1. The maximum Gasteiger partial charge on any atom is 0.344 e. The maximum absolute atomic E-state index is 11.0. The van der Waals surface area contributed by atoms with Crippen LogP contribution < -0.4 is 4.74 Å². The molecule has 0 fully saturated rings. The van der Waals surface area contributed by atoms with Crippen molar-refractivity contribution < 1.29 is 19.7 Å². The first kappa shape index (κ1) is 12.9. The molecule has 98 valence electrons. The number of hydrogen-bond acceptors (Lipinski definition) is 3. The molecule has 0 amide bonds. The minimum absolute atomic E-state index is 0.389. The van der Waals surface area contributed by atoms with Gasteiger partial charge in [-0.05, 0) is 42.5 Å². The van der Waals surface area contributed by atoms with Crippen LogP contribution in [0.5, 0.6) is 5.75 Å². The fourth-order valence-corrected chi connectivity index (χ4v) is 2.30. The van der Waals surface area contributed by atoms with Crippen LogP contribution in [-0.4, -0.2) is 22.3 Å². The predicted octanol–water partition coefficient (Wildman–Crippen LogP) is 2.30. The standard InChI is InChI=1S/C14H18O4/c1-2-3-13(14(16)17)18-10-5-6-11-9(8-10)4-7-12(11)15/h5-6,8,12-13,15H,2-4,7H2,1H3,(H,16,17)/t12-,13?/m1/s1. The third kappa shape index (κ3) is 2.64. The number of aliphatic carboxylic acids is 1. The molecule has 0 aliphatic heterocycles. The van der Waals surface area contributed by atoms with E-state index < -0.39 is 12.1 Å². The molecule has 2 N–H and O–H groups in total. The number of carboxylic acids is 1. The summed E-state index contributed by atoms with van der Waals surface area (Å²) in [6.07, 6.45) is 1.63. The van der Waals surface area contributed by atoms with Crippen molar-refractivity contribution >= 4 is 5.97 Å². The molecular weight excluding hydrogens is 232 g/mol. The normalized spacial score (nSPS) is 19.3. The highest BCUT2D eigenvalue weighted by Crippen LogP contribution is 2.33. The summed E-state index contributed by atoms with van der Waals surface area (Å²) in [4.78, 5) is 11.0. The van der Waals surface area contributed by atoms with Crippen LogP contribution in [-0.2, 0) is 11.2 Å². The Hall–Kier alpha value is -1.55. The van der Waals surface area contributed by atoms with E-state index in [1.807, 2.05) is 19.1 Å². The first-order chi connectivity index (χ1) is 8.61. The van der Waals surface area contributed by atoms with E-state index >= 15 is 0 Å². The molecule has 1 aromatic rings. The van der Waals surface area contributed by atoms with Crippen LogP contribution in [0.1, 0.15) is 43.4 Å². The van der Waals surface area contributed by atoms with Crippen molar-refractivity contribution in [3.05, 3.63) is 29.3 Å². The molecule has 1 aliphatic carbocycles. The second-order valence-corrected chi connectivity index (χ2v) is 4.65. The summed E-state index contributed by atoms with van der Waals surface area (Å²) in [5.41, 5.74) is 1.99. The van der Waals surface area contributed by atoms with Gasteiger partial charge in [0, 0.05) is 0 Å². The van der Waals surface area contributed by atoms with Crippen molar-refractivity contribution in [2.45, 2.75) is 44.8 Å². The van der Waals surface area contributed by atoms with Crippen LogP contribution >= 0.6 is 0 Å². The van der Waals surface area contributed by atoms with Gasteiger partial charge in [0.2, 0.25) is 0 Å². The maximum atomic E-state index is 11.0. The highest BCUT2D eigenvalue weighted by atomic mass is 16.5. The zero-order chi connectivity index (χ0) is 13.1. The molecule has 0 aromatic heterocycles. The SMILES string of the molecule is CCCC(Oc1ccc2c(c1)CC[C@H]2O)C(=O)O. The van der Waals surface area contributed by atoms with E-state index in [9.17, 15) is 9.90 Å². The third-order valence-corrected chi connectivity index (χ3v) is 3.27. The average molecular weight is 250 g/mol. The van der Waals surface area contributed by atoms with Gasteiger partial charge in [-0.1, -0.05) is 19.4 Å². The summed E-state index contributed by atoms with van der Waals surface area (Å²) in [5, 5.41) is 18.7. The monoisotopic (exact) mass is 250 g/mol. The molecule has 18 heavy (non-hydrogen) atoms. The van der Waals surface area contributed by atoms with Gasteiger partial charge < -0.3 is 14.9 Å². The second kappa shape index (κ2) is 5.40. The lowest BCUT2D eigenvalue weighted by Gasteiger charge is -2.15. The lowest BCUT2D eigenvalue weighted by Crippen LogP contribution is -2.26. The molecule has 0 bridgehead atoms. The molecule has 0 spiro atoms. The number of aliphatic hydroxyl groups excluding tert-OH is 1. The number of benzene rings is 1. The first-order valence-corrected chi connectivity index (χ1v) is 6.32. The summed E-state index contributed by atoms with van der Waals surface area (Å²) < 4.78 is 5.50. The summed E-state index contributed by atoms with van der Waals surface area (Å²) in [5.74, 6) is -0.360. The van der Waals surface area contributed by atoms with Crippen molar-refractivity contribution in [1.82, 2.24) is 0 Å². The highest BCUT2D eigenvalue weighted by molar-refractivity contribution is 5.72. The van der Waals surface area contributed by atoms with E-state index in [0.717, 1.165) is 30.4 Å². The van der Waals surface area contributed by atoms with E-state index in [0.29, 0.717) is 12.2 Å². The number of aliphatic hydroxyl groups is 1. The Balaban J connectivity index is 2.12. The van der Waals surface area contributed by atoms with E-state index in [1.54, 1.807) is 6.07 Å². The molecule has 2 rings (SSSR count). The quantitative estimate of drug-likeness (QED) is 0.841. The smallest absolute Gasteiger partial charge is 0.344 e. The van der Waals surface area contributed by atoms with E-state index in [-0.39, 0.29) is 6.10 Å². The number of rotatable bonds is 5. The molecule has 0 radical (unpaired) electrons. The molecule has 2 atom stereocenters. The summed E-state index contributed by atoms with van der Waals surface area (Å²) in [6, 6.07) is 5.41. The van der Waals surface area contributed by atoms with Crippen LogP contribution in [0.2, 0.25) is 0 Å². The Morgan fingerprint density at radius 1 is 1.56 bits per heavy atom. The third-order valence-electron chi connectivity index (χ3n) is 3.27. The van der Waals surface area contributed by atoms with Gasteiger partial charge in [-0.2, -0.15) is 0 Å². The van der Waals surface area contributed by atoms with Gasteiger partial charge in [0.15, 0.2) is 6.10 Å². The molecule has 1 aromatic carbocycles. The van der Waals surface area contributed by atoms with Crippen LogP contribution in [0, 0.1) is 0 Å². The van der Waals surface area contributed by atoms with Gasteiger partial charge in [0.25, 0.3) is 0 Å². The van der Waals surface area contributed by atoms with Gasteiger partial charge in [-0.15, -0.1) is 0 Å². The zero-order valence-electron chi connectivity index (χ0n) is 10.4. The van der Waals surface area contributed by atoms with Gasteiger partial charge in [-0.3, -0.25) is 0 Å². The van der Waals surface area contributed by atoms with Gasteiger partial charge in [0.05, 0.1) is 6.10 Å². The molecule has 4 nitrogen and oxygen atoms in total. The predicted molar refractivity (Wildman–Crippen MR) is 66.7 cm³/mol. The van der Waals surface area contributed by atoms with Crippen LogP contribution in [0.25, 0.3) is 0 Å². The van der Waals surface area contributed by atoms with Crippen LogP contribution in [0.15, 0.2) is 18.2 Å². The van der Waals surface area contributed by atoms with Gasteiger partial charge in [0.1, 0.15) is 5.75 Å². The Morgan fingerprint density at radius 3 is 3.00 bits per heavy atom. The second-order valence-electron chi connectivity index (χ2n) is 4.65. The molecule has 0 saturated carbocycles. The number of hydrogen-bond donors (Lipinski definition) is 2. The fraction of sp³-hybridized carbons (Fsp3) is 0.500. The van der Waals surface area contributed by atoms with Crippen molar-refractivity contribution in [2.24, 2.45) is 0 Å². The molecule has 1 unspecified atom stereocenters. The minimum atomic E-state index is -0.933. The zero-order valence-corrected chi connectivity index (χ0v) is 10.4. The summed E-state index contributed by atoms with van der Waals surface area (Å²) in [6.45, 7) is 1.93. The Kier molecular flexibility index (Phi) is 3.87.